The number of hydrogen-bond acceptors (Lipinski definition) is 6. The molecule has 0 amide bonds. The van der Waals surface area contributed by atoms with Crippen LogP contribution in [0.15, 0.2) is 0 Å². The summed E-state index contributed by atoms with van der Waals surface area (Å²) >= 11 is 0. The number of carbonyl (C=O) groups excluding carboxylic acids is 3. The molecule has 41 heavy (non-hydrogen) atoms. The second-order valence-electron chi connectivity index (χ2n) is 12.1. The van der Waals surface area contributed by atoms with Crippen LogP contribution in [0.5, 0.6) is 0 Å². The van der Waals surface area contributed by atoms with Gasteiger partial charge in [-0.05, 0) is 25.7 Å². The van der Waals surface area contributed by atoms with Crippen LogP contribution < -0.4 is 5.73 Å². The molecule has 0 radical (unpaired) electrons. The standard InChI is InChI=1S/C35H67NO5/c1-4-7-10-13-15-17-18-19-20-22-24-27-32(37)35(36,29-28-33(38)40-30-25-12-9-6-3)34(39)41-31-26-23-21-16-14-11-8-5-2/h4-31,36H2,1-3H3/t35-/m1/s1. The molecule has 1 atom stereocenters. The zero-order valence-corrected chi connectivity index (χ0v) is 27.4. The fourth-order valence-electron chi connectivity index (χ4n) is 5.14. The summed E-state index contributed by atoms with van der Waals surface area (Å²) in [5, 5.41) is 0. The van der Waals surface area contributed by atoms with Crippen LogP contribution in [0.4, 0.5) is 0 Å². The minimum Gasteiger partial charge on any atom is -0.466 e. The summed E-state index contributed by atoms with van der Waals surface area (Å²) in [6.45, 7) is 7.22. The Morgan fingerprint density at radius 1 is 0.488 bits per heavy atom. The van der Waals surface area contributed by atoms with Gasteiger partial charge in [0.15, 0.2) is 11.3 Å². The fraction of sp³-hybridized carbons (Fsp3) is 0.914. The summed E-state index contributed by atoms with van der Waals surface area (Å²) in [6.07, 6.45) is 26.4. The van der Waals surface area contributed by atoms with Gasteiger partial charge < -0.3 is 15.2 Å². The molecule has 0 aliphatic heterocycles. The zero-order chi connectivity index (χ0) is 30.4. The predicted molar refractivity (Wildman–Crippen MR) is 171 cm³/mol. The van der Waals surface area contributed by atoms with Crippen molar-refractivity contribution in [2.45, 2.75) is 193 Å². The fourth-order valence-corrected chi connectivity index (χ4v) is 5.14. The highest BCUT2D eigenvalue weighted by molar-refractivity contribution is 6.08. The molecule has 0 unspecified atom stereocenters. The number of hydrogen-bond donors (Lipinski definition) is 1. The Labute approximate surface area is 253 Å². The first-order valence-corrected chi connectivity index (χ1v) is 17.6. The van der Waals surface area contributed by atoms with Gasteiger partial charge in [-0.25, -0.2) is 4.79 Å². The highest BCUT2D eigenvalue weighted by atomic mass is 16.5. The second-order valence-corrected chi connectivity index (χ2v) is 12.1. The van der Waals surface area contributed by atoms with Crippen molar-refractivity contribution >= 4 is 17.7 Å². The number of nitrogens with two attached hydrogens (primary N) is 1. The lowest BCUT2D eigenvalue weighted by atomic mass is 9.86. The lowest BCUT2D eigenvalue weighted by Crippen LogP contribution is -2.56. The Bertz CT molecular complexity index is 638. The van der Waals surface area contributed by atoms with Gasteiger partial charge in [0, 0.05) is 12.8 Å². The van der Waals surface area contributed by atoms with E-state index in [1.807, 2.05) is 0 Å². The molecule has 2 N–H and O–H groups in total. The quantitative estimate of drug-likeness (QED) is 0.0497. The highest BCUT2D eigenvalue weighted by Gasteiger charge is 2.43. The summed E-state index contributed by atoms with van der Waals surface area (Å²) in [7, 11) is 0. The molecule has 0 rings (SSSR count). The molecular weight excluding hydrogens is 514 g/mol. The summed E-state index contributed by atoms with van der Waals surface area (Å²) in [4.78, 5) is 38.5. The SMILES string of the molecule is CCCCCCCCCCCCCC(=O)[C@](N)(CCC(=O)OCCCCCC)C(=O)OCCCCCCCCCC. The van der Waals surface area contributed by atoms with E-state index in [1.165, 1.54) is 83.5 Å². The van der Waals surface area contributed by atoms with Crippen molar-refractivity contribution < 1.29 is 23.9 Å². The zero-order valence-electron chi connectivity index (χ0n) is 27.4. The molecule has 6 nitrogen and oxygen atoms in total. The van der Waals surface area contributed by atoms with Gasteiger partial charge in [-0.15, -0.1) is 0 Å². The first-order chi connectivity index (χ1) is 19.9. The van der Waals surface area contributed by atoms with Crippen LogP contribution >= 0.6 is 0 Å². The molecule has 0 aromatic carbocycles. The van der Waals surface area contributed by atoms with Gasteiger partial charge in [-0.3, -0.25) is 9.59 Å². The van der Waals surface area contributed by atoms with Crippen molar-refractivity contribution in [2.75, 3.05) is 13.2 Å². The smallest absolute Gasteiger partial charge is 0.333 e. The van der Waals surface area contributed by atoms with Gasteiger partial charge in [0.1, 0.15) is 0 Å². The van der Waals surface area contributed by atoms with Gasteiger partial charge in [0.2, 0.25) is 0 Å². The number of rotatable bonds is 31. The van der Waals surface area contributed by atoms with E-state index >= 15 is 0 Å². The average Bonchev–Trinajstić information content (AvgIpc) is 2.97. The molecule has 0 spiro atoms. The third-order valence-corrected chi connectivity index (χ3v) is 8.08. The number of Topliss-reactive ketones (excluding diaryl/α,β-unsaturated/α-hetero) is 1. The van der Waals surface area contributed by atoms with E-state index in [0.717, 1.165) is 57.8 Å². The van der Waals surface area contributed by atoms with Crippen molar-refractivity contribution in [2.24, 2.45) is 5.73 Å². The van der Waals surface area contributed by atoms with Crippen LogP contribution in [0.3, 0.4) is 0 Å². The number of carbonyl (C=O) groups is 3. The largest absolute Gasteiger partial charge is 0.466 e. The molecule has 0 aromatic heterocycles. The van der Waals surface area contributed by atoms with Gasteiger partial charge in [0.05, 0.1) is 13.2 Å². The Morgan fingerprint density at radius 2 is 0.854 bits per heavy atom. The first-order valence-electron chi connectivity index (χ1n) is 17.6. The van der Waals surface area contributed by atoms with Crippen molar-refractivity contribution in [3.63, 3.8) is 0 Å². The summed E-state index contributed by atoms with van der Waals surface area (Å²) < 4.78 is 10.8. The number of ketones is 1. The van der Waals surface area contributed by atoms with E-state index < -0.39 is 17.5 Å². The summed E-state index contributed by atoms with van der Waals surface area (Å²) in [6, 6.07) is 0. The van der Waals surface area contributed by atoms with Crippen LogP contribution in [0, 0.1) is 0 Å². The lowest BCUT2D eigenvalue weighted by Gasteiger charge is -2.25. The normalized spacial score (nSPS) is 12.7. The van der Waals surface area contributed by atoms with Crippen molar-refractivity contribution in [1.82, 2.24) is 0 Å². The molecule has 6 heteroatoms. The Kier molecular flexibility index (Phi) is 27.7. The van der Waals surface area contributed by atoms with Crippen molar-refractivity contribution in [3.05, 3.63) is 0 Å². The Morgan fingerprint density at radius 3 is 1.32 bits per heavy atom. The molecule has 0 bridgehead atoms. The molecule has 242 valence electrons. The third kappa shape index (κ3) is 22.8. The maximum Gasteiger partial charge on any atom is 0.333 e. The van der Waals surface area contributed by atoms with Crippen LogP contribution in [-0.4, -0.2) is 36.5 Å². The predicted octanol–water partition coefficient (Wildman–Crippen LogP) is 9.54. The van der Waals surface area contributed by atoms with E-state index in [-0.39, 0.29) is 31.7 Å². The van der Waals surface area contributed by atoms with E-state index in [9.17, 15) is 14.4 Å². The van der Waals surface area contributed by atoms with Crippen LogP contribution in [0.1, 0.15) is 188 Å². The Balaban J connectivity index is 4.55. The summed E-state index contributed by atoms with van der Waals surface area (Å²) in [5.41, 5.74) is 4.66. The maximum absolute atomic E-state index is 13.2. The van der Waals surface area contributed by atoms with Crippen LogP contribution in [0.2, 0.25) is 0 Å². The topological polar surface area (TPSA) is 95.7 Å². The van der Waals surface area contributed by atoms with E-state index in [4.69, 9.17) is 15.2 Å². The molecule has 0 aliphatic carbocycles. The Hall–Kier alpha value is -1.43. The van der Waals surface area contributed by atoms with Gasteiger partial charge >= 0.3 is 11.9 Å². The minimum atomic E-state index is -1.78. The van der Waals surface area contributed by atoms with E-state index in [1.54, 1.807) is 0 Å². The monoisotopic (exact) mass is 582 g/mol. The third-order valence-electron chi connectivity index (χ3n) is 8.08. The molecule has 0 saturated carbocycles. The molecular formula is C35H67NO5. The molecule has 0 fully saturated rings. The molecule has 0 aliphatic rings. The highest BCUT2D eigenvalue weighted by Crippen LogP contribution is 2.20. The van der Waals surface area contributed by atoms with Crippen LogP contribution in [-0.2, 0) is 23.9 Å². The van der Waals surface area contributed by atoms with Gasteiger partial charge in [-0.1, -0.05) is 149 Å². The van der Waals surface area contributed by atoms with Gasteiger partial charge in [0.25, 0.3) is 0 Å². The summed E-state index contributed by atoms with van der Waals surface area (Å²) in [5.74, 6) is -1.41. The number of ether oxygens (including phenoxy) is 2. The van der Waals surface area contributed by atoms with Crippen molar-refractivity contribution in [1.29, 1.82) is 0 Å². The average molecular weight is 582 g/mol. The van der Waals surface area contributed by atoms with E-state index in [0.29, 0.717) is 13.0 Å². The molecule has 0 heterocycles. The first kappa shape index (κ1) is 39.6. The second kappa shape index (κ2) is 28.7. The number of unbranched alkanes of at least 4 members (excludes halogenated alkanes) is 20. The minimum absolute atomic E-state index is 0.0544. The van der Waals surface area contributed by atoms with Crippen LogP contribution in [0.25, 0.3) is 0 Å². The molecule has 0 saturated heterocycles. The molecule has 0 aromatic rings. The van der Waals surface area contributed by atoms with Gasteiger partial charge in [-0.2, -0.15) is 0 Å². The maximum atomic E-state index is 13.2. The van der Waals surface area contributed by atoms with Crippen molar-refractivity contribution in [3.8, 4) is 0 Å². The number of esters is 2. The lowest BCUT2D eigenvalue weighted by molar-refractivity contribution is -0.155. The van der Waals surface area contributed by atoms with E-state index in [2.05, 4.69) is 20.8 Å².